The van der Waals surface area contributed by atoms with Crippen molar-refractivity contribution >= 4 is 11.8 Å². The summed E-state index contributed by atoms with van der Waals surface area (Å²) in [4.78, 5) is 26.6. The number of esters is 1. The number of benzene rings is 2. The number of halogens is 1. The molecule has 33 heavy (non-hydrogen) atoms. The Morgan fingerprint density at radius 1 is 1.03 bits per heavy atom. The summed E-state index contributed by atoms with van der Waals surface area (Å²) < 4.78 is 24.4. The van der Waals surface area contributed by atoms with Gasteiger partial charge in [0.05, 0.1) is 12.2 Å². The quantitative estimate of drug-likeness (QED) is 0.487. The van der Waals surface area contributed by atoms with Gasteiger partial charge in [0, 0.05) is 35.9 Å². The molecule has 5 nitrogen and oxygen atoms in total. The lowest BCUT2D eigenvalue weighted by Gasteiger charge is -2.36. The van der Waals surface area contributed by atoms with Gasteiger partial charge >= 0.3 is 5.97 Å². The Morgan fingerprint density at radius 2 is 1.76 bits per heavy atom. The highest BCUT2D eigenvalue weighted by Gasteiger charge is 2.41. The van der Waals surface area contributed by atoms with Crippen molar-refractivity contribution in [3.63, 3.8) is 0 Å². The molecule has 1 aliphatic heterocycles. The van der Waals surface area contributed by atoms with E-state index in [1.54, 1.807) is 12.1 Å². The minimum Gasteiger partial charge on any atom is -0.460 e. The van der Waals surface area contributed by atoms with Crippen molar-refractivity contribution in [2.75, 3.05) is 19.8 Å². The average molecular weight is 450 g/mol. The zero-order valence-corrected chi connectivity index (χ0v) is 18.9. The average Bonchev–Trinajstić information content (AvgIpc) is 2.82. The fraction of sp³-hybridized carbons (Fsp3) is 0.333. The Labute approximate surface area is 193 Å². The summed E-state index contributed by atoms with van der Waals surface area (Å²) in [6.07, 6.45) is 1.01. The monoisotopic (exact) mass is 449 g/mol. The Bertz CT molecular complexity index is 1090. The van der Waals surface area contributed by atoms with E-state index < -0.39 is 11.9 Å². The van der Waals surface area contributed by atoms with Crippen LogP contribution in [0.4, 0.5) is 4.39 Å². The molecule has 0 spiro atoms. The molecule has 6 heteroatoms. The molecule has 0 bridgehead atoms. The lowest BCUT2D eigenvalue weighted by Crippen LogP contribution is -2.36. The number of ether oxygens (including phenoxy) is 2. The van der Waals surface area contributed by atoms with Crippen LogP contribution in [0.15, 0.2) is 77.1 Å². The van der Waals surface area contributed by atoms with Crippen LogP contribution in [0.5, 0.6) is 0 Å². The number of Topliss-reactive ketones (excluding diaryl/α,β-unsaturated/α-hetero) is 1. The van der Waals surface area contributed by atoms with Crippen LogP contribution in [0.25, 0.3) is 0 Å². The number of allylic oxidation sites excluding steroid dienone is 3. The van der Waals surface area contributed by atoms with Crippen molar-refractivity contribution in [3.05, 3.63) is 94.1 Å². The molecule has 0 fully saturated rings. The third-order valence-electron chi connectivity index (χ3n) is 6.19. The van der Waals surface area contributed by atoms with Crippen LogP contribution in [0.1, 0.15) is 49.7 Å². The summed E-state index contributed by atoms with van der Waals surface area (Å²) in [5.74, 6) is -1.43. The van der Waals surface area contributed by atoms with Crippen LogP contribution in [-0.2, 0) is 19.1 Å². The fourth-order valence-electron chi connectivity index (χ4n) is 4.67. The second-order valence-corrected chi connectivity index (χ2v) is 8.31. The molecule has 1 aliphatic carbocycles. The van der Waals surface area contributed by atoms with Gasteiger partial charge in [-0.25, -0.2) is 9.18 Å². The number of hydrogen-bond donors (Lipinski definition) is 1. The van der Waals surface area contributed by atoms with Crippen LogP contribution >= 0.6 is 0 Å². The number of hydrogen-bond acceptors (Lipinski definition) is 5. The highest BCUT2D eigenvalue weighted by atomic mass is 19.1. The Morgan fingerprint density at radius 3 is 2.45 bits per heavy atom. The van der Waals surface area contributed by atoms with Gasteiger partial charge in [0.15, 0.2) is 5.78 Å². The predicted molar refractivity (Wildman–Crippen MR) is 123 cm³/mol. The third kappa shape index (κ3) is 4.91. The number of carbonyl (C=O) groups is 2. The normalized spacial score (nSPS) is 20.4. The van der Waals surface area contributed by atoms with E-state index in [4.69, 9.17) is 9.47 Å². The minimum atomic E-state index is -0.606. The van der Waals surface area contributed by atoms with E-state index in [1.165, 1.54) is 12.1 Å². The summed E-state index contributed by atoms with van der Waals surface area (Å²) in [6.45, 7) is 4.64. The minimum absolute atomic E-state index is 0.0148. The van der Waals surface area contributed by atoms with Crippen molar-refractivity contribution < 1.29 is 23.5 Å². The SMILES string of the molecule is CCOCCOC(=O)C1=C(C)NC2=C(C(=O)C[C@H](c3ccccc3)C2)[C@H]1c1ccc(F)cc1. The van der Waals surface area contributed by atoms with Crippen molar-refractivity contribution in [1.29, 1.82) is 0 Å². The van der Waals surface area contributed by atoms with Gasteiger partial charge in [0.25, 0.3) is 0 Å². The van der Waals surface area contributed by atoms with Crippen molar-refractivity contribution in [2.45, 2.75) is 38.5 Å². The lowest BCUT2D eigenvalue weighted by atomic mass is 9.72. The molecular weight excluding hydrogens is 421 g/mol. The fourth-order valence-corrected chi connectivity index (χ4v) is 4.67. The maximum absolute atomic E-state index is 13.7. The molecule has 0 saturated heterocycles. The van der Waals surface area contributed by atoms with Gasteiger partial charge in [0.2, 0.25) is 0 Å². The lowest BCUT2D eigenvalue weighted by molar-refractivity contribution is -0.140. The van der Waals surface area contributed by atoms with Crippen LogP contribution in [0.2, 0.25) is 0 Å². The molecule has 1 heterocycles. The van der Waals surface area contributed by atoms with E-state index in [0.717, 1.165) is 11.3 Å². The van der Waals surface area contributed by atoms with Gasteiger partial charge in [-0.15, -0.1) is 0 Å². The number of rotatable bonds is 7. The van der Waals surface area contributed by atoms with E-state index >= 15 is 0 Å². The van der Waals surface area contributed by atoms with E-state index in [0.29, 0.717) is 48.5 Å². The van der Waals surface area contributed by atoms with Crippen molar-refractivity contribution in [1.82, 2.24) is 5.32 Å². The zero-order chi connectivity index (χ0) is 23.4. The molecule has 0 unspecified atom stereocenters. The topological polar surface area (TPSA) is 64.6 Å². The Balaban J connectivity index is 1.70. The van der Waals surface area contributed by atoms with Gasteiger partial charge in [-0.05, 0) is 49.4 Å². The van der Waals surface area contributed by atoms with Gasteiger partial charge in [-0.1, -0.05) is 42.5 Å². The maximum atomic E-state index is 13.7. The molecule has 0 radical (unpaired) electrons. The summed E-state index contributed by atoms with van der Waals surface area (Å²) in [7, 11) is 0. The van der Waals surface area contributed by atoms with Crippen LogP contribution < -0.4 is 5.32 Å². The molecule has 2 aliphatic rings. The molecule has 4 rings (SSSR count). The van der Waals surface area contributed by atoms with E-state index in [2.05, 4.69) is 5.32 Å². The number of nitrogens with one attached hydrogen (secondary N) is 1. The van der Waals surface area contributed by atoms with E-state index in [9.17, 15) is 14.0 Å². The van der Waals surface area contributed by atoms with E-state index in [-0.39, 0.29) is 24.1 Å². The first kappa shape index (κ1) is 22.9. The number of dihydropyridines is 1. The first-order valence-corrected chi connectivity index (χ1v) is 11.3. The van der Waals surface area contributed by atoms with Gasteiger partial charge in [-0.2, -0.15) is 0 Å². The third-order valence-corrected chi connectivity index (χ3v) is 6.19. The molecule has 0 amide bonds. The molecule has 172 valence electrons. The Hall–Kier alpha value is -3.25. The van der Waals surface area contributed by atoms with Gasteiger partial charge in [-0.3, -0.25) is 4.79 Å². The zero-order valence-electron chi connectivity index (χ0n) is 18.9. The van der Waals surface area contributed by atoms with Crippen molar-refractivity contribution in [3.8, 4) is 0 Å². The smallest absolute Gasteiger partial charge is 0.336 e. The largest absolute Gasteiger partial charge is 0.460 e. The second kappa shape index (κ2) is 10.1. The van der Waals surface area contributed by atoms with Crippen molar-refractivity contribution in [2.24, 2.45) is 0 Å². The molecule has 0 saturated carbocycles. The second-order valence-electron chi connectivity index (χ2n) is 8.31. The highest BCUT2D eigenvalue weighted by Crippen LogP contribution is 2.45. The molecule has 0 aromatic heterocycles. The summed E-state index contributed by atoms with van der Waals surface area (Å²) >= 11 is 0. The number of ketones is 1. The van der Waals surface area contributed by atoms with Crippen LogP contribution in [-0.4, -0.2) is 31.6 Å². The molecular formula is C27H28FNO4. The highest BCUT2D eigenvalue weighted by molar-refractivity contribution is 6.04. The summed E-state index contributed by atoms with van der Waals surface area (Å²) in [6, 6.07) is 15.9. The van der Waals surface area contributed by atoms with E-state index in [1.807, 2.05) is 44.2 Å². The predicted octanol–water partition coefficient (Wildman–Crippen LogP) is 4.77. The Kier molecular flexibility index (Phi) is 7.04. The summed E-state index contributed by atoms with van der Waals surface area (Å²) in [5.41, 5.74) is 4.21. The number of carbonyl (C=O) groups excluding carboxylic acids is 2. The van der Waals surface area contributed by atoms with Gasteiger partial charge in [0.1, 0.15) is 12.4 Å². The van der Waals surface area contributed by atoms with Crippen LogP contribution in [0, 0.1) is 5.82 Å². The van der Waals surface area contributed by atoms with Gasteiger partial charge < -0.3 is 14.8 Å². The first-order chi connectivity index (χ1) is 16.0. The maximum Gasteiger partial charge on any atom is 0.336 e. The first-order valence-electron chi connectivity index (χ1n) is 11.3. The molecule has 2 aromatic carbocycles. The standard InChI is InChI=1S/C27H28FNO4/c1-3-32-13-14-33-27(31)24-17(2)29-22-15-20(18-7-5-4-6-8-18)16-23(30)26(22)25(24)19-9-11-21(28)12-10-19/h4-12,20,25,29H,3,13-16H2,1-2H3/t20-,25+/m1/s1. The molecule has 2 atom stereocenters. The molecule has 2 aromatic rings. The molecule has 1 N–H and O–H groups in total. The van der Waals surface area contributed by atoms with Crippen LogP contribution in [0.3, 0.4) is 0 Å². The summed E-state index contributed by atoms with van der Waals surface area (Å²) in [5, 5.41) is 3.32.